The molecule has 1 amide bonds. The van der Waals surface area contributed by atoms with E-state index in [1.807, 2.05) is 29.0 Å². The molecule has 0 radical (unpaired) electrons. The van der Waals surface area contributed by atoms with Crippen LogP contribution in [0, 0.1) is 11.3 Å². The van der Waals surface area contributed by atoms with E-state index >= 15 is 0 Å². The largest absolute Gasteiger partial charge is 0.343 e. The smallest absolute Gasteiger partial charge is 0.252 e. The molecule has 0 bridgehead atoms. The summed E-state index contributed by atoms with van der Waals surface area (Å²) in [7, 11) is 0. The van der Waals surface area contributed by atoms with E-state index < -0.39 is 5.54 Å². The first kappa shape index (κ1) is 17.4. The summed E-state index contributed by atoms with van der Waals surface area (Å²) in [6.07, 6.45) is 4.91. The molecule has 0 unspecified atom stereocenters. The van der Waals surface area contributed by atoms with Gasteiger partial charge in [0.25, 0.3) is 5.91 Å². The second-order valence-corrected chi connectivity index (χ2v) is 7.57. The van der Waals surface area contributed by atoms with Gasteiger partial charge in [0.05, 0.1) is 23.9 Å². The van der Waals surface area contributed by atoms with Crippen molar-refractivity contribution < 1.29 is 4.79 Å². The molecule has 136 valence electrons. The summed E-state index contributed by atoms with van der Waals surface area (Å²) in [5.41, 5.74) is 1.99. The van der Waals surface area contributed by atoms with Crippen LogP contribution in [0.1, 0.15) is 46.9 Å². The van der Waals surface area contributed by atoms with Crippen LogP contribution in [0.25, 0.3) is 0 Å². The molecule has 1 atom stereocenters. The van der Waals surface area contributed by atoms with Crippen LogP contribution in [0.5, 0.6) is 0 Å². The van der Waals surface area contributed by atoms with Gasteiger partial charge in [0, 0.05) is 5.38 Å². The molecular formula is C20H19N5OS. The number of nitrogens with zero attached hydrogens (tertiary/aromatic N) is 4. The van der Waals surface area contributed by atoms with Gasteiger partial charge in [0.1, 0.15) is 5.69 Å². The van der Waals surface area contributed by atoms with Crippen LogP contribution in [0.2, 0.25) is 0 Å². The lowest BCUT2D eigenvalue weighted by Crippen LogP contribution is -2.29. The van der Waals surface area contributed by atoms with Gasteiger partial charge in [0.2, 0.25) is 0 Å². The average molecular weight is 377 g/mol. The van der Waals surface area contributed by atoms with Gasteiger partial charge in [-0.05, 0) is 42.7 Å². The quantitative estimate of drug-likeness (QED) is 0.683. The van der Waals surface area contributed by atoms with Crippen molar-refractivity contribution in [2.75, 3.05) is 0 Å². The first-order valence-corrected chi connectivity index (χ1v) is 9.85. The van der Waals surface area contributed by atoms with Crippen molar-refractivity contribution in [3.05, 3.63) is 70.2 Å². The van der Waals surface area contributed by atoms with Crippen LogP contribution in [0.4, 0.5) is 0 Å². The van der Waals surface area contributed by atoms with Crippen LogP contribution in [0.3, 0.4) is 0 Å². The molecule has 2 heterocycles. The van der Waals surface area contributed by atoms with E-state index in [0.29, 0.717) is 17.7 Å². The fraction of sp³-hybridized carbons (Fsp3) is 0.300. The van der Waals surface area contributed by atoms with Crippen molar-refractivity contribution in [1.82, 2.24) is 20.3 Å². The van der Waals surface area contributed by atoms with Crippen LogP contribution < -0.4 is 5.32 Å². The summed E-state index contributed by atoms with van der Waals surface area (Å²) in [5, 5.41) is 24.6. The third-order valence-electron chi connectivity index (χ3n) is 4.89. The van der Waals surface area contributed by atoms with Crippen molar-refractivity contribution in [2.24, 2.45) is 0 Å². The Kier molecular flexibility index (Phi) is 4.73. The van der Waals surface area contributed by atoms with E-state index in [4.69, 9.17) is 0 Å². The van der Waals surface area contributed by atoms with Crippen molar-refractivity contribution in [3.8, 4) is 6.07 Å². The summed E-state index contributed by atoms with van der Waals surface area (Å²) in [4.78, 5) is 12.6. The van der Waals surface area contributed by atoms with Gasteiger partial charge in [-0.15, -0.1) is 5.10 Å². The number of thiophene rings is 1. The van der Waals surface area contributed by atoms with Crippen LogP contribution >= 0.6 is 11.3 Å². The molecule has 4 rings (SSSR count). The highest BCUT2D eigenvalue weighted by Gasteiger charge is 2.46. The predicted molar refractivity (Wildman–Crippen MR) is 102 cm³/mol. The molecule has 1 N–H and O–H groups in total. The first-order chi connectivity index (χ1) is 13.2. The molecule has 2 aromatic heterocycles. The third-order valence-corrected chi connectivity index (χ3v) is 5.57. The molecule has 1 aromatic carbocycles. The number of rotatable bonds is 7. The molecule has 0 aliphatic heterocycles. The zero-order chi connectivity index (χ0) is 18.7. The number of hydrogen-bond donors (Lipinski definition) is 1. The SMILES string of the molecule is N#CC1(n2cc([C@H](CCc3ccccc3)NC(=O)c3ccsc3)nn2)CC1. The normalized spacial score (nSPS) is 15.7. The zero-order valence-corrected chi connectivity index (χ0v) is 15.5. The number of amides is 1. The highest BCUT2D eigenvalue weighted by Crippen LogP contribution is 2.42. The van der Waals surface area contributed by atoms with E-state index in [1.165, 1.54) is 16.9 Å². The maximum atomic E-state index is 12.6. The van der Waals surface area contributed by atoms with Crippen molar-refractivity contribution in [2.45, 2.75) is 37.3 Å². The minimum atomic E-state index is -0.549. The Hall–Kier alpha value is -2.98. The summed E-state index contributed by atoms with van der Waals surface area (Å²) >= 11 is 1.49. The van der Waals surface area contributed by atoms with E-state index in [1.54, 1.807) is 16.9 Å². The Morgan fingerprint density at radius 1 is 1.33 bits per heavy atom. The standard InChI is InChI=1S/C20H19N5OS/c21-14-20(9-10-20)25-12-18(23-24-25)17(7-6-15-4-2-1-3-5-15)22-19(26)16-8-11-27-13-16/h1-5,8,11-13,17H,6-7,9-10H2,(H,22,26)/t17-/m0/s1. The third kappa shape index (κ3) is 3.76. The lowest BCUT2D eigenvalue weighted by Gasteiger charge is -2.16. The maximum Gasteiger partial charge on any atom is 0.252 e. The maximum absolute atomic E-state index is 12.6. The molecular weight excluding hydrogens is 358 g/mol. The number of aromatic nitrogens is 3. The Morgan fingerprint density at radius 2 is 2.15 bits per heavy atom. The molecule has 27 heavy (non-hydrogen) atoms. The van der Waals surface area contributed by atoms with E-state index in [0.717, 1.165) is 19.3 Å². The second kappa shape index (κ2) is 7.33. The Balaban J connectivity index is 1.54. The van der Waals surface area contributed by atoms with Gasteiger partial charge in [-0.2, -0.15) is 16.6 Å². The van der Waals surface area contributed by atoms with Gasteiger partial charge >= 0.3 is 0 Å². The molecule has 1 aliphatic rings. The molecule has 6 nitrogen and oxygen atoms in total. The van der Waals surface area contributed by atoms with Gasteiger partial charge in [-0.1, -0.05) is 35.5 Å². The van der Waals surface area contributed by atoms with Gasteiger partial charge in [-0.3, -0.25) is 4.79 Å². The fourth-order valence-electron chi connectivity index (χ4n) is 3.04. The number of carbonyl (C=O) groups excluding carboxylic acids is 1. The van der Waals surface area contributed by atoms with Crippen LogP contribution in [-0.2, 0) is 12.0 Å². The second-order valence-electron chi connectivity index (χ2n) is 6.79. The van der Waals surface area contributed by atoms with Gasteiger partial charge in [-0.25, -0.2) is 4.68 Å². The lowest BCUT2D eigenvalue weighted by molar-refractivity contribution is 0.0934. The summed E-state index contributed by atoms with van der Waals surface area (Å²) in [6.45, 7) is 0. The summed E-state index contributed by atoms with van der Waals surface area (Å²) < 4.78 is 1.65. The fourth-order valence-corrected chi connectivity index (χ4v) is 3.68. The monoisotopic (exact) mass is 377 g/mol. The number of nitriles is 1. The molecule has 1 saturated carbocycles. The van der Waals surface area contributed by atoms with E-state index in [-0.39, 0.29) is 11.9 Å². The number of nitrogens with one attached hydrogen (secondary N) is 1. The highest BCUT2D eigenvalue weighted by atomic mass is 32.1. The van der Waals surface area contributed by atoms with Crippen molar-refractivity contribution >= 4 is 17.2 Å². The molecule has 1 aliphatic carbocycles. The number of carbonyl (C=O) groups is 1. The van der Waals surface area contributed by atoms with Crippen LogP contribution in [0.15, 0.2) is 53.4 Å². The molecule has 3 aromatic rings. The van der Waals surface area contributed by atoms with Gasteiger partial charge in [0.15, 0.2) is 5.54 Å². The number of hydrogen-bond acceptors (Lipinski definition) is 5. The van der Waals surface area contributed by atoms with E-state index in [2.05, 4.69) is 33.8 Å². The highest BCUT2D eigenvalue weighted by molar-refractivity contribution is 7.08. The van der Waals surface area contributed by atoms with Crippen molar-refractivity contribution in [1.29, 1.82) is 5.26 Å². The molecule has 0 spiro atoms. The molecule has 7 heteroatoms. The average Bonchev–Trinajstić information content (AvgIpc) is 3.11. The summed E-state index contributed by atoms with van der Waals surface area (Å²) in [6, 6.07) is 14.0. The minimum absolute atomic E-state index is 0.120. The zero-order valence-electron chi connectivity index (χ0n) is 14.7. The lowest BCUT2D eigenvalue weighted by atomic mass is 10.0. The Bertz CT molecular complexity index is 954. The number of benzene rings is 1. The topological polar surface area (TPSA) is 83.6 Å². The predicted octanol–water partition coefficient (Wildman–Crippen LogP) is 3.46. The van der Waals surface area contributed by atoms with E-state index in [9.17, 15) is 10.1 Å². The minimum Gasteiger partial charge on any atom is -0.343 e. The van der Waals surface area contributed by atoms with Crippen molar-refractivity contribution in [3.63, 3.8) is 0 Å². The molecule has 0 saturated heterocycles. The Labute approximate surface area is 161 Å². The summed E-state index contributed by atoms with van der Waals surface area (Å²) in [5.74, 6) is -0.120. The Morgan fingerprint density at radius 3 is 2.81 bits per heavy atom. The molecule has 1 fully saturated rings. The van der Waals surface area contributed by atoms with Gasteiger partial charge < -0.3 is 5.32 Å². The number of aryl methyl sites for hydroxylation is 1. The first-order valence-electron chi connectivity index (χ1n) is 8.91. The van der Waals surface area contributed by atoms with Crippen LogP contribution in [-0.4, -0.2) is 20.9 Å².